The minimum Gasteiger partial charge on any atom is -0.379 e. The fraction of sp³-hybridized carbons (Fsp3) is 0.562. The van der Waals surface area contributed by atoms with Crippen LogP contribution in [0.4, 0.5) is 0 Å². The summed E-state index contributed by atoms with van der Waals surface area (Å²) in [6.45, 7) is 6.73. The van der Waals surface area contributed by atoms with Gasteiger partial charge < -0.3 is 15.4 Å². The molecule has 1 saturated heterocycles. The Morgan fingerprint density at radius 3 is 2.61 bits per heavy atom. The maximum Gasteiger partial charge on any atom is 0.166 e. The molecule has 1 heterocycles. The molecule has 0 unspecified atom stereocenters. The molecule has 0 bridgehead atoms. The molecule has 2 N–H and O–H groups in total. The summed E-state index contributed by atoms with van der Waals surface area (Å²) in [5, 5.41) is 7.29. The first-order valence-electron chi connectivity index (χ1n) is 7.94. The highest BCUT2D eigenvalue weighted by Gasteiger charge is 2.09. The molecule has 1 aliphatic rings. The average molecular weight is 418 g/mol. The van der Waals surface area contributed by atoms with Crippen molar-refractivity contribution in [2.75, 3.05) is 51.7 Å². The summed E-state index contributed by atoms with van der Waals surface area (Å²) < 4.78 is 6.46. The van der Waals surface area contributed by atoms with E-state index in [1.807, 2.05) is 11.8 Å². The molecule has 0 amide bonds. The van der Waals surface area contributed by atoms with Gasteiger partial charge in [0, 0.05) is 41.3 Å². The molecule has 0 spiro atoms. The molecule has 0 aliphatic carbocycles. The van der Waals surface area contributed by atoms with Crippen molar-refractivity contribution in [2.45, 2.75) is 11.3 Å². The van der Waals surface area contributed by atoms with Crippen LogP contribution in [0.1, 0.15) is 6.42 Å². The predicted octanol–water partition coefficient (Wildman–Crippen LogP) is 2.73. The van der Waals surface area contributed by atoms with Gasteiger partial charge in [0.2, 0.25) is 0 Å². The van der Waals surface area contributed by atoms with E-state index in [-0.39, 0.29) is 0 Å². The maximum absolute atomic E-state index is 5.34. The number of benzene rings is 1. The first kappa shape index (κ1) is 19.0. The van der Waals surface area contributed by atoms with Crippen LogP contribution in [-0.4, -0.2) is 61.7 Å². The maximum atomic E-state index is 5.34. The van der Waals surface area contributed by atoms with Crippen molar-refractivity contribution in [1.29, 1.82) is 0 Å². The summed E-state index contributed by atoms with van der Waals surface area (Å²) in [6, 6.07) is 8.38. The van der Waals surface area contributed by atoms with Crippen molar-refractivity contribution >= 4 is 45.0 Å². The quantitative estimate of drug-likeness (QED) is 0.384. The molecule has 0 aromatic heterocycles. The molecule has 0 atom stereocenters. The summed E-state index contributed by atoms with van der Waals surface area (Å²) in [5.41, 5.74) is 0. The van der Waals surface area contributed by atoms with E-state index >= 15 is 0 Å². The van der Waals surface area contributed by atoms with Crippen LogP contribution in [0, 0.1) is 0 Å². The molecule has 4 nitrogen and oxygen atoms in total. The molecule has 1 aromatic carbocycles. The topological polar surface area (TPSA) is 36.5 Å². The molecular formula is C16H24BrN3OS2. The van der Waals surface area contributed by atoms with Crippen molar-refractivity contribution in [3.8, 4) is 0 Å². The van der Waals surface area contributed by atoms with E-state index in [0.717, 1.165) is 67.7 Å². The van der Waals surface area contributed by atoms with E-state index in [1.54, 1.807) is 0 Å². The van der Waals surface area contributed by atoms with Crippen LogP contribution in [0.3, 0.4) is 0 Å². The van der Waals surface area contributed by atoms with Gasteiger partial charge in [-0.25, -0.2) is 0 Å². The van der Waals surface area contributed by atoms with Crippen molar-refractivity contribution in [3.63, 3.8) is 0 Å². The van der Waals surface area contributed by atoms with E-state index in [1.165, 1.54) is 4.90 Å². The Bertz CT molecular complexity index is 467. The van der Waals surface area contributed by atoms with Gasteiger partial charge in [0.1, 0.15) is 0 Å². The Kier molecular flexibility index (Phi) is 9.29. The largest absolute Gasteiger partial charge is 0.379 e. The molecule has 0 saturated carbocycles. The van der Waals surface area contributed by atoms with Crippen LogP contribution in [-0.2, 0) is 4.74 Å². The minimum absolute atomic E-state index is 0.753. The molecule has 1 aliphatic heterocycles. The van der Waals surface area contributed by atoms with E-state index in [2.05, 4.69) is 55.7 Å². The third kappa shape index (κ3) is 8.35. The van der Waals surface area contributed by atoms with Crippen molar-refractivity contribution in [1.82, 2.24) is 15.5 Å². The number of hydrogen-bond acceptors (Lipinski definition) is 4. The first-order chi connectivity index (χ1) is 11.2. The number of rotatable bonds is 8. The van der Waals surface area contributed by atoms with Gasteiger partial charge in [-0.15, -0.1) is 11.8 Å². The number of hydrogen-bond donors (Lipinski definition) is 2. The predicted molar refractivity (Wildman–Crippen MR) is 105 cm³/mol. The van der Waals surface area contributed by atoms with Crippen molar-refractivity contribution in [3.05, 3.63) is 28.7 Å². The van der Waals surface area contributed by atoms with Crippen LogP contribution < -0.4 is 10.6 Å². The van der Waals surface area contributed by atoms with Crippen LogP contribution in [0.2, 0.25) is 0 Å². The Balaban J connectivity index is 1.46. The molecular weight excluding hydrogens is 394 g/mol. The second-order valence-corrected chi connectivity index (χ2v) is 7.78. The molecule has 7 heteroatoms. The lowest BCUT2D eigenvalue weighted by molar-refractivity contribution is 0.0376. The van der Waals surface area contributed by atoms with Gasteiger partial charge in [0.25, 0.3) is 0 Å². The first-order valence-corrected chi connectivity index (χ1v) is 10.1. The standard InChI is InChI=1S/C16H24BrN3OS2/c17-14-2-4-15(5-3-14)23-13-7-19-16(22)18-6-1-8-20-9-11-21-12-10-20/h2-5H,1,6-13H2,(H2,18,19,22). The highest BCUT2D eigenvalue weighted by molar-refractivity contribution is 9.10. The van der Waals surface area contributed by atoms with Crippen LogP contribution in [0.15, 0.2) is 33.6 Å². The lowest BCUT2D eigenvalue weighted by atomic mass is 10.3. The van der Waals surface area contributed by atoms with Gasteiger partial charge in [0.15, 0.2) is 5.11 Å². The summed E-state index contributed by atoms with van der Waals surface area (Å²) in [5.74, 6) is 0.997. The van der Waals surface area contributed by atoms with Crippen LogP contribution >= 0.6 is 39.9 Å². The zero-order valence-corrected chi connectivity index (χ0v) is 16.4. The highest BCUT2D eigenvalue weighted by Crippen LogP contribution is 2.19. The smallest absolute Gasteiger partial charge is 0.166 e. The number of halogens is 1. The Labute approximate surface area is 156 Å². The van der Waals surface area contributed by atoms with Crippen LogP contribution in [0.25, 0.3) is 0 Å². The van der Waals surface area contributed by atoms with E-state index in [9.17, 15) is 0 Å². The summed E-state index contributed by atoms with van der Waals surface area (Å²) in [4.78, 5) is 3.72. The van der Waals surface area contributed by atoms with Crippen molar-refractivity contribution in [2.24, 2.45) is 0 Å². The zero-order chi connectivity index (χ0) is 16.3. The number of nitrogens with zero attached hydrogens (tertiary/aromatic N) is 1. The van der Waals surface area contributed by atoms with Crippen LogP contribution in [0.5, 0.6) is 0 Å². The van der Waals surface area contributed by atoms with E-state index < -0.39 is 0 Å². The second-order valence-electron chi connectivity index (χ2n) is 5.29. The Morgan fingerprint density at radius 2 is 1.87 bits per heavy atom. The second kappa shape index (κ2) is 11.3. The SMILES string of the molecule is S=C(NCCCN1CCOCC1)NCCSc1ccc(Br)cc1. The number of morpholine rings is 1. The minimum atomic E-state index is 0.753. The van der Waals surface area contributed by atoms with Gasteiger partial charge in [-0.05, 0) is 49.4 Å². The summed E-state index contributed by atoms with van der Waals surface area (Å²) >= 11 is 10.6. The number of ether oxygens (including phenoxy) is 1. The molecule has 128 valence electrons. The lowest BCUT2D eigenvalue weighted by Gasteiger charge is -2.26. The summed E-state index contributed by atoms with van der Waals surface area (Å²) in [7, 11) is 0. The molecule has 1 aromatic rings. The monoisotopic (exact) mass is 417 g/mol. The third-order valence-corrected chi connectivity index (χ3v) is 5.34. The van der Waals surface area contributed by atoms with Gasteiger partial charge >= 0.3 is 0 Å². The summed E-state index contributed by atoms with van der Waals surface area (Å²) in [6.07, 6.45) is 1.11. The molecule has 2 rings (SSSR count). The fourth-order valence-electron chi connectivity index (χ4n) is 2.26. The molecule has 1 fully saturated rings. The highest BCUT2D eigenvalue weighted by atomic mass is 79.9. The van der Waals surface area contributed by atoms with Crippen molar-refractivity contribution < 1.29 is 4.74 Å². The fourth-order valence-corrected chi connectivity index (χ4v) is 3.49. The molecule has 0 radical (unpaired) electrons. The van der Waals surface area contributed by atoms with Gasteiger partial charge in [-0.3, -0.25) is 4.90 Å². The van der Waals surface area contributed by atoms with Gasteiger partial charge in [-0.2, -0.15) is 0 Å². The Hall–Kier alpha value is -0.340. The van der Waals surface area contributed by atoms with E-state index in [0.29, 0.717) is 0 Å². The van der Waals surface area contributed by atoms with Gasteiger partial charge in [-0.1, -0.05) is 15.9 Å². The zero-order valence-electron chi connectivity index (χ0n) is 13.2. The number of thioether (sulfide) groups is 1. The van der Waals surface area contributed by atoms with E-state index in [4.69, 9.17) is 17.0 Å². The third-order valence-electron chi connectivity index (χ3n) is 3.51. The Morgan fingerprint density at radius 1 is 1.17 bits per heavy atom. The molecule has 23 heavy (non-hydrogen) atoms. The van der Waals surface area contributed by atoms with Gasteiger partial charge in [0.05, 0.1) is 13.2 Å². The average Bonchev–Trinajstić information content (AvgIpc) is 2.58. The number of thiocarbonyl (C=S) groups is 1. The normalized spacial score (nSPS) is 15.3. The lowest BCUT2D eigenvalue weighted by Crippen LogP contribution is -2.40. The number of nitrogens with one attached hydrogen (secondary N) is 2.